The summed E-state index contributed by atoms with van der Waals surface area (Å²) in [5, 5.41) is 8.30. The molecule has 2 amide bonds. The number of halogens is 5. The van der Waals surface area contributed by atoms with Crippen LogP contribution in [-0.2, 0) is 16.1 Å². The topological polar surface area (TPSA) is 85.3 Å². The lowest BCUT2D eigenvalue weighted by atomic mass is 10.0. The number of cyclic esters (lactones) is 1. The van der Waals surface area contributed by atoms with E-state index in [0.29, 0.717) is 10.2 Å². The van der Waals surface area contributed by atoms with Gasteiger partial charge in [0.05, 0.1) is 23.8 Å². The van der Waals surface area contributed by atoms with Crippen molar-refractivity contribution in [2.45, 2.75) is 24.9 Å². The Morgan fingerprint density at radius 1 is 1.43 bits per heavy atom. The molecule has 1 aromatic carbocycles. The molecule has 1 aliphatic heterocycles. The molecule has 0 spiro atoms. The van der Waals surface area contributed by atoms with Gasteiger partial charge in [-0.2, -0.15) is 18.3 Å². The van der Waals surface area contributed by atoms with Gasteiger partial charge in [-0.1, -0.05) is 17.7 Å². The average molecular weight is 421 g/mol. The van der Waals surface area contributed by atoms with Gasteiger partial charge in [-0.3, -0.25) is 9.48 Å². The number of alkyl halides is 3. The number of hydrogen-bond donors (Lipinski definition) is 2. The van der Waals surface area contributed by atoms with E-state index in [-0.39, 0.29) is 17.1 Å². The van der Waals surface area contributed by atoms with Gasteiger partial charge in [0.25, 0.3) is 5.91 Å². The molecule has 1 aromatic heterocycles. The van der Waals surface area contributed by atoms with Gasteiger partial charge in [0, 0.05) is 11.8 Å². The fourth-order valence-corrected chi connectivity index (χ4v) is 2.81. The van der Waals surface area contributed by atoms with Crippen molar-refractivity contribution in [1.29, 1.82) is 0 Å². The van der Waals surface area contributed by atoms with Crippen LogP contribution in [0.2, 0.25) is 5.02 Å². The van der Waals surface area contributed by atoms with Crippen molar-refractivity contribution in [2.75, 3.05) is 6.54 Å². The molecular weight excluding hydrogens is 408 g/mol. The predicted molar refractivity (Wildman–Crippen MR) is 87.9 cm³/mol. The van der Waals surface area contributed by atoms with Crippen LogP contribution in [0.4, 0.5) is 22.4 Å². The van der Waals surface area contributed by atoms with E-state index in [0.717, 1.165) is 18.5 Å². The van der Waals surface area contributed by atoms with Crippen LogP contribution in [0.3, 0.4) is 0 Å². The molecule has 1 saturated heterocycles. The number of carbonyl (C=O) groups is 2. The van der Waals surface area contributed by atoms with Gasteiger partial charge in [0.1, 0.15) is 12.4 Å². The fourth-order valence-electron chi connectivity index (χ4n) is 2.62. The Balaban J connectivity index is 1.89. The zero-order valence-electron chi connectivity index (χ0n) is 14.0. The maximum Gasteiger partial charge on any atom is 0.408 e. The molecule has 28 heavy (non-hydrogen) atoms. The first kappa shape index (κ1) is 19.9. The maximum atomic E-state index is 13.5. The minimum absolute atomic E-state index is 0.0606. The van der Waals surface area contributed by atoms with Crippen LogP contribution in [0.15, 0.2) is 30.6 Å². The Labute approximate surface area is 160 Å². The number of alkyl carbamates (subject to hydrolysis) is 1. The van der Waals surface area contributed by atoms with Gasteiger partial charge in [-0.25, -0.2) is 9.18 Å². The van der Waals surface area contributed by atoms with Gasteiger partial charge in [0.15, 0.2) is 6.10 Å². The second-order valence-electron chi connectivity index (χ2n) is 5.98. The smallest absolute Gasteiger partial charge is 0.408 e. The molecule has 150 valence electrons. The molecule has 2 aromatic rings. The molecule has 2 N–H and O–H groups in total. The van der Waals surface area contributed by atoms with Crippen LogP contribution in [-0.4, -0.2) is 40.6 Å². The summed E-state index contributed by atoms with van der Waals surface area (Å²) in [6, 6.07) is 2.63. The maximum absolute atomic E-state index is 13.5. The molecule has 2 atom stereocenters. The Morgan fingerprint density at radius 2 is 2.18 bits per heavy atom. The van der Waals surface area contributed by atoms with E-state index in [1.54, 1.807) is 0 Å². The highest BCUT2D eigenvalue weighted by Crippen LogP contribution is 2.27. The zero-order chi connectivity index (χ0) is 20.5. The lowest BCUT2D eigenvalue weighted by Crippen LogP contribution is -2.39. The van der Waals surface area contributed by atoms with Crippen molar-refractivity contribution in [1.82, 2.24) is 20.4 Å². The summed E-state index contributed by atoms with van der Waals surface area (Å²) in [6.45, 7) is -1.38. The van der Waals surface area contributed by atoms with E-state index in [9.17, 15) is 27.2 Å². The van der Waals surface area contributed by atoms with Gasteiger partial charge in [0.2, 0.25) is 0 Å². The van der Waals surface area contributed by atoms with Gasteiger partial charge in [-0.05, 0) is 17.7 Å². The van der Waals surface area contributed by atoms with E-state index < -0.39 is 42.7 Å². The van der Waals surface area contributed by atoms with Crippen LogP contribution in [0, 0.1) is 5.82 Å². The Hall–Kier alpha value is -2.82. The number of benzene rings is 1. The van der Waals surface area contributed by atoms with Crippen molar-refractivity contribution in [3.8, 4) is 0 Å². The number of nitrogens with one attached hydrogen (secondary N) is 2. The minimum Gasteiger partial charge on any atom is -0.434 e. The molecule has 0 saturated carbocycles. The van der Waals surface area contributed by atoms with Crippen LogP contribution in [0.25, 0.3) is 0 Å². The molecule has 0 bridgehead atoms. The summed E-state index contributed by atoms with van der Waals surface area (Å²) in [4.78, 5) is 23.5. The molecule has 2 heterocycles. The second kappa shape index (κ2) is 7.66. The van der Waals surface area contributed by atoms with Crippen LogP contribution >= 0.6 is 11.6 Å². The highest BCUT2D eigenvalue weighted by Gasteiger charge is 2.33. The third-order valence-corrected chi connectivity index (χ3v) is 4.15. The summed E-state index contributed by atoms with van der Waals surface area (Å²) in [5.41, 5.74) is 0.515. The molecule has 3 rings (SSSR count). The van der Waals surface area contributed by atoms with Gasteiger partial charge in [-0.15, -0.1) is 0 Å². The number of ether oxygens (including phenoxy) is 1. The minimum atomic E-state index is -4.48. The third-order valence-electron chi connectivity index (χ3n) is 3.86. The molecule has 0 radical (unpaired) electrons. The Bertz CT molecular complexity index is 902. The number of amides is 2. The van der Waals surface area contributed by atoms with Crippen molar-refractivity contribution in [3.05, 3.63) is 52.6 Å². The highest BCUT2D eigenvalue weighted by molar-refractivity contribution is 6.30. The molecule has 1 unspecified atom stereocenters. The summed E-state index contributed by atoms with van der Waals surface area (Å²) in [6.07, 6.45) is -4.11. The molecular formula is C16H13ClF4N4O3. The number of nitrogens with zero attached hydrogens (tertiary/aromatic N) is 2. The van der Waals surface area contributed by atoms with E-state index in [1.807, 2.05) is 0 Å². The van der Waals surface area contributed by atoms with Crippen LogP contribution in [0.1, 0.15) is 17.2 Å². The van der Waals surface area contributed by atoms with E-state index in [2.05, 4.69) is 15.7 Å². The first-order valence-electron chi connectivity index (χ1n) is 7.91. The lowest BCUT2D eigenvalue weighted by Gasteiger charge is -2.20. The summed E-state index contributed by atoms with van der Waals surface area (Å²) in [5.74, 6) is -1.38. The van der Waals surface area contributed by atoms with E-state index >= 15 is 0 Å². The Morgan fingerprint density at radius 3 is 2.79 bits per heavy atom. The van der Waals surface area contributed by atoms with Crippen LogP contribution < -0.4 is 10.6 Å². The molecule has 12 heteroatoms. The van der Waals surface area contributed by atoms with Gasteiger partial charge < -0.3 is 15.4 Å². The predicted octanol–water partition coefficient (Wildman–Crippen LogP) is 2.55. The monoisotopic (exact) mass is 420 g/mol. The van der Waals surface area contributed by atoms with Crippen molar-refractivity contribution >= 4 is 23.6 Å². The molecule has 7 nitrogen and oxygen atoms in total. The Kier molecular flexibility index (Phi) is 5.45. The number of hydrogen-bond acceptors (Lipinski definition) is 4. The summed E-state index contributed by atoms with van der Waals surface area (Å²) < 4.78 is 56.7. The van der Waals surface area contributed by atoms with Crippen LogP contribution in [0.5, 0.6) is 0 Å². The molecule has 0 aliphatic carbocycles. The summed E-state index contributed by atoms with van der Waals surface area (Å²) >= 11 is 5.78. The zero-order valence-corrected chi connectivity index (χ0v) is 14.7. The SMILES string of the molecule is O=C1NCC(C(=O)N[C@@H](c2ccc(F)c(Cl)c2)c2cnn(CC(F)(F)F)c2)O1. The van der Waals surface area contributed by atoms with Crippen molar-refractivity contribution < 1.29 is 31.9 Å². The fraction of sp³-hybridized carbons (Fsp3) is 0.312. The number of aromatic nitrogens is 2. The van der Waals surface area contributed by atoms with Crippen molar-refractivity contribution in [2.24, 2.45) is 0 Å². The van der Waals surface area contributed by atoms with Crippen molar-refractivity contribution in [3.63, 3.8) is 0 Å². The highest BCUT2D eigenvalue weighted by atomic mass is 35.5. The third kappa shape index (κ3) is 4.71. The first-order valence-corrected chi connectivity index (χ1v) is 8.29. The number of rotatable bonds is 5. The largest absolute Gasteiger partial charge is 0.434 e. The lowest BCUT2D eigenvalue weighted by molar-refractivity contribution is -0.142. The standard InChI is InChI=1S/C16H13ClF4N4O3/c17-10-3-8(1-2-11(10)18)13(24-14(26)12-5-22-15(27)28-12)9-4-23-25(6-9)7-16(19,20)21/h1-4,6,12-13H,5,7H2,(H,22,27)(H,24,26)/t12?,13-/m0/s1. The average Bonchev–Trinajstić information content (AvgIpc) is 3.23. The molecule has 1 aliphatic rings. The number of carbonyl (C=O) groups excluding carboxylic acids is 2. The first-order chi connectivity index (χ1) is 13.1. The quantitative estimate of drug-likeness (QED) is 0.728. The van der Waals surface area contributed by atoms with Gasteiger partial charge >= 0.3 is 12.3 Å². The summed E-state index contributed by atoms with van der Waals surface area (Å²) in [7, 11) is 0. The second-order valence-corrected chi connectivity index (χ2v) is 6.38. The molecule has 1 fully saturated rings. The van der Waals surface area contributed by atoms with E-state index in [4.69, 9.17) is 16.3 Å². The normalized spacial score (nSPS) is 17.8. The van der Waals surface area contributed by atoms with E-state index in [1.165, 1.54) is 12.1 Å².